The fraction of sp³-hybridized carbons (Fsp3) is 0.789. The SMILES string of the molecule is CCOC(=O)[C@]12C(=O)CCC13[C@H](O)C[C@@H](C(C)(C)C)[C@@]31C=CO[C@@H]21. The molecule has 4 aliphatic rings. The first kappa shape index (κ1) is 16.1. The fourth-order valence-corrected chi connectivity index (χ4v) is 6.75. The third kappa shape index (κ3) is 1.29. The van der Waals surface area contributed by atoms with Gasteiger partial charge in [-0.25, -0.2) is 0 Å². The Morgan fingerprint density at radius 1 is 1.46 bits per heavy atom. The molecule has 5 nitrogen and oxygen atoms in total. The second kappa shape index (κ2) is 4.43. The number of ether oxygens (including phenoxy) is 2. The summed E-state index contributed by atoms with van der Waals surface area (Å²) < 4.78 is 11.2. The van der Waals surface area contributed by atoms with Crippen LogP contribution < -0.4 is 0 Å². The minimum atomic E-state index is -1.34. The lowest BCUT2D eigenvalue weighted by Crippen LogP contribution is -2.79. The Kier molecular flexibility index (Phi) is 2.97. The summed E-state index contributed by atoms with van der Waals surface area (Å²) in [5.74, 6) is -0.485. The molecule has 24 heavy (non-hydrogen) atoms. The summed E-state index contributed by atoms with van der Waals surface area (Å²) in [5, 5.41) is 11.1. The zero-order valence-corrected chi connectivity index (χ0v) is 14.8. The molecular weight excluding hydrogens is 308 g/mol. The lowest BCUT2D eigenvalue weighted by molar-refractivity contribution is -0.274. The Morgan fingerprint density at radius 2 is 2.17 bits per heavy atom. The van der Waals surface area contributed by atoms with E-state index in [1.807, 2.05) is 6.08 Å². The van der Waals surface area contributed by atoms with Gasteiger partial charge in [0.05, 0.1) is 19.0 Å². The van der Waals surface area contributed by atoms with Crippen LogP contribution in [0.1, 0.15) is 47.0 Å². The molecule has 0 aromatic rings. The number of hydrogen-bond donors (Lipinski definition) is 1. The smallest absolute Gasteiger partial charge is 0.324 e. The van der Waals surface area contributed by atoms with E-state index in [1.165, 1.54) is 0 Å². The van der Waals surface area contributed by atoms with Gasteiger partial charge in [-0.15, -0.1) is 0 Å². The first-order chi connectivity index (χ1) is 11.2. The van der Waals surface area contributed by atoms with Gasteiger partial charge >= 0.3 is 5.97 Å². The first-order valence-electron chi connectivity index (χ1n) is 8.93. The minimum Gasteiger partial charge on any atom is -0.496 e. The van der Waals surface area contributed by atoms with Crippen LogP contribution in [0, 0.1) is 27.6 Å². The van der Waals surface area contributed by atoms with Gasteiger partial charge in [-0.05, 0) is 37.2 Å². The van der Waals surface area contributed by atoms with Crippen LogP contribution in [0.25, 0.3) is 0 Å². The minimum absolute atomic E-state index is 0.0623. The molecule has 1 N–H and O–H groups in total. The number of hydrogen-bond acceptors (Lipinski definition) is 5. The Morgan fingerprint density at radius 3 is 2.79 bits per heavy atom. The molecule has 0 aromatic carbocycles. The molecule has 1 heterocycles. The highest BCUT2D eigenvalue weighted by molar-refractivity contribution is 6.10. The predicted molar refractivity (Wildman–Crippen MR) is 85.8 cm³/mol. The Balaban J connectivity index is 1.93. The maximum atomic E-state index is 13.0. The lowest BCUT2D eigenvalue weighted by Gasteiger charge is -2.67. The highest BCUT2D eigenvalue weighted by Gasteiger charge is 2.94. The fourth-order valence-electron chi connectivity index (χ4n) is 6.75. The number of carbonyl (C=O) groups excluding carboxylic acids is 2. The zero-order chi connectivity index (χ0) is 17.5. The van der Waals surface area contributed by atoms with E-state index >= 15 is 0 Å². The molecule has 3 aliphatic carbocycles. The predicted octanol–water partition coefficient (Wildman–Crippen LogP) is 2.22. The number of ketones is 1. The number of carbonyl (C=O) groups is 2. The molecule has 1 unspecified atom stereocenters. The normalized spacial score (nSPS) is 48.4. The molecule has 2 spiro atoms. The largest absolute Gasteiger partial charge is 0.496 e. The van der Waals surface area contributed by atoms with Crippen molar-refractivity contribution in [1.29, 1.82) is 0 Å². The van der Waals surface area contributed by atoms with Gasteiger partial charge in [-0.3, -0.25) is 9.59 Å². The van der Waals surface area contributed by atoms with Gasteiger partial charge in [-0.1, -0.05) is 20.8 Å². The highest BCUT2D eigenvalue weighted by Crippen LogP contribution is 2.85. The number of esters is 1. The molecule has 0 radical (unpaired) electrons. The van der Waals surface area contributed by atoms with E-state index in [0.29, 0.717) is 19.3 Å². The molecule has 5 heteroatoms. The van der Waals surface area contributed by atoms with Crippen molar-refractivity contribution < 1.29 is 24.2 Å². The van der Waals surface area contributed by atoms with Gasteiger partial charge in [-0.2, -0.15) is 0 Å². The van der Waals surface area contributed by atoms with E-state index in [-0.39, 0.29) is 23.7 Å². The van der Waals surface area contributed by atoms with Crippen LogP contribution in [0.15, 0.2) is 12.3 Å². The third-order valence-corrected chi connectivity index (χ3v) is 7.30. The molecule has 1 aliphatic heterocycles. The number of aliphatic hydroxyl groups is 1. The lowest BCUT2D eigenvalue weighted by atomic mass is 9.34. The van der Waals surface area contributed by atoms with Gasteiger partial charge in [0.1, 0.15) is 6.10 Å². The second-order valence-corrected chi connectivity index (χ2v) is 8.85. The molecule has 3 fully saturated rings. The Labute approximate surface area is 142 Å². The van der Waals surface area contributed by atoms with Gasteiger partial charge in [0, 0.05) is 17.3 Å². The van der Waals surface area contributed by atoms with Crippen molar-refractivity contribution in [3.8, 4) is 0 Å². The summed E-state index contributed by atoms with van der Waals surface area (Å²) in [4.78, 5) is 25.9. The van der Waals surface area contributed by atoms with Crippen molar-refractivity contribution in [2.24, 2.45) is 27.6 Å². The highest BCUT2D eigenvalue weighted by atomic mass is 16.5. The summed E-state index contributed by atoms with van der Waals surface area (Å²) >= 11 is 0. The van der Waals surface area contributed by atoms with E-state index in [2.05, 4.69) is 20.8 Å². The summed E-state index contributed by atoms with van der Waals surface area (Å²) in [6, 6.07) is 0. The summed E-state index contributed by atoms with van der Waals surface area (Å²) in [6.07, 6.45) is 3.85. The molecule has 3 saturated carbocycles. The van der Waals surface area contributed by atoms with Crippen molar-refractivity contribution in [1.82, 2.24) is 0 Å². The zero-order valence-electron chi connectivity index (χ0n) is 14.8. The number of fused-ring (bicyclic) bond motifs is 1. The molecule has 132 valence electrons. The quantitative estimate of drug-likeness (QED) is 0.619. The van der Waals surface area contributed by atoms with E-state index in [0.717, 1.165) is 0 Å². The van der Waals surface area contributed by atoms with Crippen molar-refractivity contribution in [3.63, 3.8) is 0 Å². The number of rotatable bonds is 2. The van der Waals surface area contributed by atoms with Gasteiger partial charge in [0.2, 0.25) is 0 Å². The van der Waals surface area contributed by atoms with Crippen molar-refractivity contribution in [3.05, 3.63) is 12.3 Å². The van der Waals surface area contributed by atoms with E-state index < -0.39 is 34.4 Å². The molecular formula is C19H26O5. The molecule has 0 bridgehead atoms. The molecule has 0 amide bonds. The Hall–Kier alpha value is -1.36. The van der Waals surface area contributed by atoms with Crippen molar-refractivity contribution in [2.75, 3.05) is 6.61 Å². The van der Waals surface area contributed by atoms with Crippen molar-refractivity contribution >= 4 is 11.8 Å². The van der Waals surface area contributed by atoms with E-state index in [9.17, 15) is 14.7 Å². The van der Waals surface area contributed by atoms with Crippen LogP contribution in [0.4, 0.5) is 0 Å². The maximum absolute atomic E-state index is 13.0. The summed E-state index contributed by atoms with van der Waals surface area (Å²) in [7, 11) is 0. The Bertz CT molecular complexity index is 647. The van der Waals surface area contributed by atoms with Crippen LogP contribution in [0.5, 0.6) is 0 Å². The summed E-state index contributed by atoms with van der Waals surface area (Å²) in [5.41, 5.74) is -2.64. The average molecular weight is 334 g/mol. The third-order valence-electron chi connectivity index (χ3n) is 7.30. The van der Waals surface area contributed by atoms with Gasteiger partial charge < -0.3 is 14.6 Å². The standard InChI is InChI=1S/C19H26O5/c1-5-23-15(22)19-12(20)6-7-18(19)13(21)10-11(16(2,3)4)17(18)8-9-24-14(17)19/h8-9,11,13-14,21H,5-7,10H2,1-4H3/t11-,13+,14+,17+,18?,19+/m0/s1. The van der Waals surface area contributed by atoms with Gasteiger partial charge in [0.15, 0.2) is 11.2 Å². The number of Topliss-reactive ketones (excluding diaryl/α,β-unsaturated/α-hetero) is 1. The molecule has 4 rings (SSSR count). The van der Waals surface area contributed by atoms with Crippen LogP contribution in [0.2, 0.25) is 0 Å². The van der Waals surface area contributed by atoms with Crippen LogP contribution in [-0.4, -0.2) is 35.7 Å². The first-order valence-corrected chi connectivity index (χ1v) is 8.93. The molecule has 0 aromatic heterocycles. The van der Waals surface area contributed by atoms with Crippen LogP contribution >= 0.6 is 0 Å². The van der Waals surface area contributed by atoms with Gasteiger partial charge in [0.25, 0.3) is 0 Å². The van der Waals surface area contributed by atoms with Crippen molar-refractivity contribution in [2.45, 2.75) is 59.2 Å². The van der Waals surface area contributed by atoms with Crippen LogP contribution in [-0.2, 0) is 19.1 Å². The molecule has 0 saturated heterocycles. The number of aliphatic hydroxyl groups excluding tert-OH is 1. The van der Waals surface area contributed by atoms with E-state index in [1.54, 1.807) is 13.2 Å². The monoisotopic (exact) mass is 334 g/mol. The average Bonchev–Trinajstić information content (AvgIpc) is 3.05. The maximum Gasteiger partial charge on any atom is 0.324 e. The topological polar surface area (TPSA) is 72.8 Å². The van der Waals surface area contributed by atoms with Crippen LogP contribution in [0.3, 0.4) is 0 Å². The van der Waals surface area contributed by atoms with E-state index in [4.69, 9.17) is 9.47 Å². The summed E-state index contributed by atoms with van der Waals surface area (Å²) in [6.45, 7) is 8.42. The molecule has 6 atom stereocenters. The second-order valence-electron chi connectivity index (χ2n) is 8.85.